The van der Waals surface area contributed by atoms with Gasteiger partial charge in [-0.05, 0) is 42.8 Å². The number of carbonyl (C=O) groups is 2. The molecule has 3 amide bonds. The van der Waals surface area contributed by atoms with Crippen molar-refractivity contribution in [2.45, 2.75) is 13.0 Å². The third-order valence-corrected chi connectivity index (χ3v) is 5.90. The normalized spacial score (nSPS) is 17.9. The first-order chi connectivity index (χ1) is 14.4. The number of aliphatic imine (C=N–C) groups is 1. The molecule has 5 rings (SSSR count). The summed E-state index contributed by atoms with van der Waals surface area (Å²) in [6, 6.07) is 14.5. The van der Waals surface area contributed by atoms with Crippen molar-refractivity contribution in [3.05, 3.63) is 65.3 Å². The average molecular weight is 421 g/mol. The van der Waals surface area contributed by atoms with Gasteiger partial charge in [0, 0.05) is 24.7 Å². The first-order valence-corrected chi connectivity index (χ1v) is 9.89. The van der Waals surface area contributed by atoms with E-state index >= 15 is 0 Å². The SMILES string of the molecule is Cc1ccccc1-n1c(-c2ccc(Cl)cc2)c[n+]2c1N=C1C2C(=O)N(C)C(=O)N1C. The first-order valence-electron chi connectivity index (χ1n) is 9.51. The number of nitrogens with zero attached hydrogens (tertiary/aromatic N) is 5. The summed E-state index contributed by atoms with van der Waals surface area (Å²) in [4.78, 5) is 32.7. The maximum Gasteiger partial charge on any atom is 0.407 e. The number of hydrogen-bond donors (Lipinski definition) is 0. The highest BCUT2D eigenvalue weighted by Gasteiger charge is 2.52. The molecule has 0 N–H and O–H groups in total. The molecule has 3 heterocycles. The van der Waals surface area contributed by atoms with Crippen LogP contribution in [0.2, 0.25) is 5.02 Å². The largest absolute Gasteiger partial charge is 0.407 e. The lowest BCUT2D eigenvalue weighted by molar-refractivity contribution is -0.676. The minimum absolute atomic E-state index is 0.301. The summed E-state index contributed by atoms with van der Waals surface area (Å²) >= 11 is 6.09. The van der Waals surface area contributed by atoms with Gasteiger partial charge in [0.15, 0.2) is 0 Å². The first kappa shape index (κ1) is 18.6. The van der Waals surface area contributed by atoms with Crippen LogP contribution in [-0.2, 0) is 4.79 Å². The number of halogens is 1. The number of amides is 3. The van der Waals surface area contributed by atoms with Gasteiger partial charge in [0.1, 0.15) is 17.6 Å². The van der Waals surface area contributed by atoms with Crippen LogP contribution in [0.5, 0.6) is 0 Å². The van der Waals surface area contributed by atoms with E-state index in [9.17, 15) is 9.59 Å². The Morgan fingerprint density at radius 2 is 1.70 bits per heavy atom. The molecule has 8 heteroatoms. The van der Waals surface area contributed by atoms with Crippen LogP contribution in [0.4, 0.5) is 10.7 Å². The molecule has 0 aliphatic carbocycles. The van der Waals surface area contributed by atoms with E-state index in [0.717, 1.165) is 27.4 Å². The van der Waals surface area contributed by atoms with Crippen LogP contribution >= 0.6 is 11.6 Å². The lowest BCUT2D eigenvalue weighted by Crippen LogP contribution is -2.61. The number of likely N-dealkylation sites (N-methyl/N-ethyl adjacent to an activating group) is 2. The zero-order valence-corrected chi connectivity index (χ0v) is 17.5. The van der Waals surface area contributed by atoms with Crippen LogP contribution in [0, 0.1) is 6.92 Å². The number of para-hydroxylation sites is 1. The highest BCUT2D eigenvalue weighted by Crippen LogP contribution is 2.35. The summed E-state index contributed by atoms with van der Waals surface area (Å²) in [5, 5.41) is 0.650. The smallest absolute Gasteiger partial charge is 0.270 e. The summed E-state index contributed by atoms with van der Waals surface area (Å²) in [7, 11) is 3.14. The van der Waals surface area contributed by atoms with E-state index in [4.69, 9.17) is 16.6 Å². The highest BCUT2D eigenvalue weighted by atomic mass is 35.5. The Labute approximate surface area is 178 Å². The van der Waals surface area contributed by atoms with Crippen molar-refractivity contribution < 1.29 is 14.2 Å². The lowest BCUT2D eigenvalue weighted by atomic mass is 10.1. The van der Waals surface area contributed by atoms with Gasteiger partial charge in [-0.2, -0.15) is 4.57 Å². The molecular weight excluding hydrogens is 402 g/mol. The average Bonchev–Trinajstić information content (AvgIpc) is 3.28. The van der Waals surface area contributed by atoms with Crippen molar-refractivity contribution in [1.82, 2.24) is 14.4 Å². The van der Waals surface area contributed by atoms with Crippen LogP contribution in [0.1, 0.15) is 11.6 Å². The highest BCUT2D eigenvalue weighted by molar-refractivity contribution is 6.30. The van der Waals surface area contributed by atoms with Crippen LogP contribution in [0.3, 0.4) is 0 Å². The molecule has 7 nitrogen and oxygen atoms in total. The van der Waals surface area contributed by atoms with E-state index in [1.165, 1.54) is 11.9 Å². The minimum atomic E-state index is -0.677. The molecule has 0 radical (unpaired) electrons. The van der Waals surface area contributed by atoms with E-state index in [1.54, 1.807) is 7.05 Å². The summed E-state index contributed by atoms with van der Waals surface area (Å²) in [6.07, 6.45) is 1.92. The number of hydrogen-bond acceptors (Lipinski definition) is 3. The van der Waals surface area contributed by atoms with Gasteiger partial charge in [-0.25, -0.2) is 9.36 Å². The zero-order chi connectivity index (χ0) is 21.2. The molecule has 1 saturated heterocycles. The molecule has 2 aromatic carbocycles. The Hall–Kier alpha value is -3.45. The Bertz CT molecular complexity index is 1240. The van der Waals surface area contributed by atoms with Gasteiger partial charge in [0.05, 0.1) is 0 Å². The van der Waals surface area contributed by atoms with Crippen molar-refractivity contribution in [3.63, 3.8) is 0 Å². The Morgan fingerprint density at radius 1 is 1.00 bits per heavy atom. The van der Waals surface area contributed by atoms with Crippen LogP contribution in [-0.4, -0.2) is 46.2 Å². The van der Waals surface area contributed by atoms with Gasteiger partial charge in [-0.3, -0.25) is 14.6 Å². The van der Waals surface area contributed by atoms with Crippen molar-refractivity contribution in [3.8, 4) is 16.9 Å². The van der Waals surface area contributed by atoms with Gasteiger partial charge < -0.3 is 0 Å². The third-order valence-electron chi connectivity index (χ3n) is 5.65. The summed E-state index contributed by atoms with van der Waals surface area (Å²) in [5.41, 5.74) is 3.85. The van der Waals surface area contributed by atoms with Crippen LogP contribution in [0.25, 0.3) is 16.9 Å². The van der Waals surface area contributed by atoms with Gasteiger partial charge in [0.2, 0.25) is 11.9 Å². The van der Waals surface area contributed by atoms with Crippen molar-refractivity contribution >= 4 is 35.3 Å². The molecule has 2 aliphatic rings. The maximum absolute atomic E-state index is 13.0. The summed E-state index contributed by atoms with van der Waals surface area (Å²) < 4.78 is 3.86. The van der Waals surface area contributed by atoms with E-state index < -0.39 is 6.04 Å². The molecule has 150 valence electrons. The third kappa shape index (κ3) is 2.52. The quantitative estimate of drug-likeness (QED) is 0.596. The lowest BCUT2D eigenvalue weighted by Gasteiger charge is -2.30. The second-order valence-electron chi connectivity index (χ2n) is 7.46. The molecule has 1 aromatic heterocycles. The number of urea groups is 1. The van der Waals surface area contributed by atoms with Gasteiger partial charge in [-0.15, -0.1) is 0 Å². The Morgan fingerprint density at radius 3 is 2.40 bits per heavy atom. The monoisotopic (exact) mass is 420 g/mol. The van der Waals surface area contributed by atoms with Crippen LogP contribution in [0.15, 0.2) is 59.7 Å². The van der Waals surface area contributed by atoms with E-state index in [2.05, 4.69) is 0 Å². The molecule has 30 heavy (non-hydrogen) atoms. The predicted molar refractivity (Wildman–Crippen MR) is 113 cm³/mol. The molecule has 2 aliphatic heterocycles. The zero-order valence-electron chi connectivity index (χ0n) is 16.7. The topological polar surface area (TPSA) is 61.8 Å². The van der Waals surface area contributed by atoms with Gasteiger partial charge >= 0.3 is 12.0 Å². The number of amidine groups is 1. The second kappa shape index (κ2) is 6.53. The van der Waals surface area contributed by atoms with E-state index in [1.807, 2.05) is 70.8 Å². The minimum Gasteiger partial charge on any atom is -0.270 e. The number of benzene rings is 2. The standard InChI is InChI=1S/C22H19ClN5O2/c1-13-6-4-5-7-16(13)28-17(14-8-10-15(23)11-9-14)12-27-18-19(24-21(27)28)25(2)22(30)26(3)20(18)29/h4-12,18H,1-3H3/q+1. The molecule has 0 saturated carbocycles. The maximum atomic E-state index is 13.0. The molecule has 1 unspecified atom stereocenters. The molecule has 3 aromatic rings. The summed E-state index contributed by atoms with van der Waals surface area (Å²) in [5.74, 6) is 0.728. The predicted octanol–water partition coefficient (Wildman–Crippen LogP) is 3.50. The van der Waals surface area contributed by atoms with E-state index in [-0.39, 0.29) is 11.9 Å². The molecule has 0 spiro atoms. The van der Waals surface area contributed by atoms with Crippen molar-refractivity contribution in [1.29, 1.82) is 0 Å². The van der Waals surface area contributed by atoms with Crippen molar-refractivity contribution in [2.24, 2.45) is 4.99 Å². The number of carbonyl (C=O) groups excluding carboxylic acids is 2. The molecule has 0 bridgehead atoms. The van der Waals surface area contributed by atoms with Crippen LogP contribution < -0.4 is 4.57 Å². The Balaban J connectivity index is 1.80. The number of rotatable bonds is 2. The fraction of sp³-hybridized carbons (Fsp3) is 0.182. The Kier molecular flexibility index (Phi) is 4.04. The van der Waals surface area contributed by atoms with Crippen molar-refractivity contribution in [2.75, 3.05) is 14.1 Å². The number of aromatic nitrogens is 2. The van der Waals surface area contributed by atoms with E-state index in [0.29, 0.717) is 16.8 Å². The fourth-order valence-corrected chi connectivity index (χ4v) is 4.15. The summed E-state index contributed by atoms with van der Waals surface area (Å²) in [6.45, 7) is 2.03. The number of imidazole rings is 1. The fourth-order valence-electron chi connectivity index (χ4n) is 4.02. The molecule has 1 fully saturated rings. The second-order valence-corrected chi connectivity index (χ2v) is 7.90. The van der Waals surface area contributed by atoms with Gasteiger partial charge in [-0.1, -0.05) is 34.8 Å². The molecule has 1 atom stereocenters. The molecular formula is C22H19ClN5O2+. The number of aryl methyl sites for hydroxylation is 1. The number of fused-ring (bicyclic) bond motifs is 3. The van der Waals surface area contributed by atoms with Gasteiger partial charge in [0.25, 0.3) is 5.91 Å². The number of imide groups is 1.